The number of nitrogens with one attached hydrogen (secondary N) is 1. The molecule has 144 valence electrons. The second kappa shape index (κ2) is 8.63. The summed E-state index contributed by atoms with van der Waals surface area (Å²) in [6.45, 7) is 1.26. The lowest BCUT2D eigenvalue weighted by atomic mass is 10.1. The first-order valence-electron chi connectivity index (χ1n) is 8.59. The molecule has 0 spiro atoms. The first kappa shape index (κ1) is 19.5. The molecule has 1 fully saturated rings. The first-order chi connectivity index (χ1) is 12.9. The Morgan fingerprint density at radius 2 is 2.00 bits per heavy atom. The van der Waals surface area contributed by atoms with Crippen LogP contribution in [0.15, 0.2) is 35.3 Å². The van der Waals surface area contributed by atoms with E-state index in [4.69, 9.17) is 27.9 Å². The molecule has 1 aromatic heterocycles. The highest BCUT2D eigenvalue weighted by Gasteiger charge is 2.24. The molecule has 1 saturated heterocycles. The van der Waals surface area contributed by atoms with Gasteiger partial charge in [0.15, 0.2) is 0 Å². The Bertz CT molecular complexity index is 879. The van der Waals surface area contributed by atoms with Crippen molar-refractivity contribution in [2.24, 2.45) is 7.05 Å². The van der Waals surface area contributed by atoms with E-state index in [9.17, 15) is 9.59 Å². The van der Waals surface area contributed by atoms with Crippen LogP contribution < -0.4 is 15.6 Å². The fraction of sp³-hybridized carbons (Fsp3) is 0.389. The van der Waals surface area contributed by atoms with E-state index >= 15 is 0 Å². The lowest BCUT2D eigenvalue weighted by Gasteiger charge is -2.32. The molecule has 0 radical (unpaired) electrons. The minimum atomic E-state index is -0.265. The Kier molecular flexibility index (Phi) is 6.23. The number of aromatic nitrogens is 2. The molecule has 2 aromatic rings. The molecule has 0 bridgehead atoms. The van der Waals surface area contributed by atoms with Gasteiger partial charge in [-0.25, -0.2) is 4.68 Å². The van der Waals surface area contributed by atoms with Crippen molar-refractivity contribution >= 4 is 34.8 Å². The van der Waals surface area contributed by atoms with Gasteiger partial charge < -0.3 is 15.0 Å². The van der Waals surface area contributed by atoms with Crippen molar-refractivity contribution in [2.45, 2.75) is 18.9 Å². The van der Waals surface area contributed by atoms with E-state index < -0.39 is 0 Å². The predicted molar refractivity (Wildman–Crippen MR) is 105 cm³/mol. The average Bonchev–Trinajstić information content (AvgIpc) is 2.66. The standard InChI is InChI=1S/C18H20Cl2N4O3/c1-23-18(26)16(4-7-22-23)21-11-17(25)24-8-5-12(6-9-24)27-13-2-3-14(19)15(20)10-13/h2-4,7,10,12,21H,5-6,8-9,11H2,1H3. The number of amides is 1. The maximum absolute atomic E-state index is 12.4. The third-order valence-corrected chi connectivity index (χ3v) is 5.16. The molecule has 0 unspecified atom stereocenters. The van der Waals surface area contributed by atoms with Crippen LogP contribution in [0.4, 0.5) is 5.69 Å². The Balaban J connectivity index is 1.48. The van der Waals surface area contributed by atoms with E-state index in [0.717, 1.165) is 12.8 Å². The summed E-state index contributed by atoms with van der Waals surface area (Å²) in [6, 6.07) is 6.74. The first-order valence-corrected chi connectivity index (χ1v) is 9.35. The molecule has 7 nitrogen and oxygen atoms in total. The molecular formula is C18H20Cl2N4O3. The third kappa shape index (κ3) is 4.93. The lowest BCUT2D eigenvalue weighted by molar-refractivity contribution is -0.131. The number of piperidine rings is 1. The van der Waals surface area contributed by atoms with Crippen molar-refractivity contribution in [3.63, 3.8) is 0 Å². The number of carbonyl (C=O) groups is 1. The van der Waals surface area contributed by atoms with Crippen molar-refractivity contribution in [2.75, 3.05) is 25.0 Å². The number of benzene rings is 1. The average molecular weight is 411 g/mol. The smallest absolute Gasteiger partial charge is 0.289 e. The van der Waals surface area contributed by atoms with Crippen LogP contribution in [0, 0.1) is 0 Å². The quantitative estimate of drug-likeness (QED) is 0.819. The maximum atomic E-state index is 12.4. The molecule has 0 atom stereocenters. The zero-order chi connectivity index (χ0) is 19.4. The Morgan fingerprint density at radius 1 is 1.26 bits per heavy atom. The predicted octanol–water partition coefficient (Wildman–Crippen LogP) is 2.57. The molecule has 1 N–H and O–H groups in total. The monoisotopic (exact) mass is 410 g/mol. The lowest BCUT2D eigenvalue weighted by Crippen LogP contribution is -2.44. The maximum Gasteiger partial charge on any atom is 0.289 e. The molecule has 9 heteroatoms. The van der Waals surface area contributed by atoms with Gasteiger partial charge in [-0.15, -0.1) is 0 Å². The van der Waals surface area contributed by atoms with Gasteiger partial charge in [-0.1, -0.05) is 23.2 Å². The topological polar surface area (TPSA) is 76.5 Å². The normalized spacial score (nSPS) is 14.9. The third-order valence-electron chi connectivity index (χ3n) is 4.42. The number of halogens is 2. The van der Waals surface area contributed by atoms with Gasteiger partial charge in [0.1, 0.15) is 17.5 Å². The van der Waals surface area contributed by atoms with Crippen molar-refractivity contribution in [1.29, 1.82) is 0 Å². The number of likely N-dealkylation sites (tertiary alicyclic amines) is 1. The van der Waals surface area contributed by atoms with Gasteiger partial charge in [-0.2, -0.15) is 5.10 Å². The summed E-state index contributed by atoms with van der Waals surface area (Å²) >= 11 is 11.9. The Labute approximate surface area is 166 Å². The van der Waals surface area contributed by atoms with Crippen LogP contribution in [0.5, 0.6) is 5.75 Å². The highest BCUT2D eigenvalue weighted by atomic mass is 35.5. The number of carbonyl (C=O) groups excluding carboxylic acids is 1. The van der Waals surface area contributed by atoms with Crippen molar-refractivity contribution in [3.8, 4) is 5.75 Å². The summed E-state index contributed by atoms with van der Waals surface area (Å²) in [5.41, 5.74) is 0.0951. The zero-order valence-electron chi connectivity index (χ0n) is 14.8. The molecule has 27 heavy (non-hydrogen) atoms. The van der Waals surface area contributed by atoms with Gasteiger partial charge in [-0.3, -0.25) is 9.59 Å². The van der Waals surface area contributed by atoms with E-state index in [0.29, 0.717) is 34.6 Å². The van der Waals surface area contributed by atoms with Gasteiger partial charge >= 0.3 is 0 Å². The molecule has 1 aromatic carbocycles. The van der Waals surface area contributed by atoms with E-state index in [1.807, 2.05) is 0 Å². The minimum Gasteiger partial charge on any atom is -0.490 e. The van der Waals surface area contributed by atoms with Crippen molar-refractivity contribution < 1.29 is 9.53 Å². The SMILES string of the molecule is Cn1nccc(NCC(=O)N2CCC(Oc3ccc(Cl)c(Cl)c3)CC2)c1=O. The van der Waals surface area contributed by atoms with Gasteiger partial charge in [0.05, 0.1) is 16.6 Å². The fourth-order valence-electron chi connectivity index (χ4n) is 2.89. The van der Waals surface area contributed by atoms with Crippen LogP contribution in [0.3, 0.4) is 0 Å². The Morgan fingerprint density at radius 3 is 2.70 bits per heavy atom. The van der Waals surface area contributed by atoms with Gasteiger partial charge in [0.2, 0.25) is 5.91 Å². The summed E-state index contributed by atoms with van der Waals surface area (Å²) in [6.07, 6.45) is 2.98. The number of hydrogen-bond acceptors (Lipinski definition) is 5. The van der Waals surface area contributed by atoms with Crippen LogP contribution in [-0.2, 0) is 11.8 Å². The largest absolute Gasteiger partial charge is 0.490 e. The molecule has 1 amide bonds. The molecule has 1 aliphatic rings. The van der Waals surface area contributed by atoms with E-state index in [2.05, 4.69) is 10.4 Å². The summed E-state index contributed by atoms with van der Waals surface area (Å²) < 4.78 is 7.15. The number of aryl methyl sites for hydroxylation is 1. The van der Waals surface area contributed by atoms with Crippen LogP contribution in [0.1, 0.15) is 12.8 Å². The summed E-state index contributed by atoms with van der Waals surface area (Å²) in [5.74, 6) is 0.617. The van der Waals surface area contributed by atoms with E-state index in [1.54, 1.807) is 36.2 Å². The molecule has 0 aliphatic carbocycles. The van der Waals surface area contributed by atoms with E-state index in [-0.39, 0.29) is 24.1 Å². The van der Waals surface area contributed by atoms with Gasteiger partial charge in [-0.05, 0) is 18.2 Å². The van der Waals surface area contributed by atoms with Crippen LogP contribution >= 0.6 is 23.2 Å². The van der Waals surface area contributed by atoms with E-state index in [1.165, 1.54) is 10.9 Å². The minimum absolute atomic E-state index is 0.0201. The second-order valence-corrected chi connectivity index (χ2v) is 7.12. The number of anilines is 1. The van der Waals surface area contributed by atoms with Gasteiger partial charge in [0, 0.05) is 45.2 Å². The van der Waals surface area contributed by atoms with Gasteiger partial charge in [0.25, 0.3) is 5.56 Å². The molecular weight excluding hydrogens is 391 g/mol. The number of nitrogens with zero attached hydrogens (tertiary/aromatic N) is 3. The second-order valence-electron chi connectivity index (χ2n) is 6.30. The number of hydrogen-bond donors (Lipinski definition) is 1. The number of ether oxygens (including phenoxy) is 1. The fourth-order valence-corrected chi connectivity index (χ4v) is 3.18. The summed E-state index contributed by atoms with van der Waals surface area (Å²) in [7, 11) is 1.56. The highest BCUT2D eigenvalue weighted by molar-refractivity contribution is 6.42. The van der Waals surface area contributed by atoms with Crippen molar-refractivity contribution in [3.05, 3.63) is 50.9 Å². The Hall–Kier alpha value is -2.25. The zero-order valence-corrected chi connectivity index (χ0v) is 16.3. The van der Waals surface area contributed by atoms with Crippen molar-refractivity contribution in [1.82, 2.24) is 14.7 Å². The van der Waals surface area contributed by atoms with Crippen LogP contribution in [0.2, 0.25) is 10.0 Å². The molecule has 2 heterocycles. The summed E-state index contributed by atoms with van der Waals surface area (Å²) in [4.78, 5) is 26.0. The van der Waals surface area contributed by atoms with Crippen LogP contribution in [-0.4, -0.2) is 46.3 Å². The number of rotatable bonds is 5. The molecule has 1 aliphatic heterocycles. The van der Waals surface area contributed by atoms with Crippen LogP contribution in [0.25, 0.3) is 0 Å². The molecule has 3 rings (SSSR count). The summed E-state index contributed by atoms with van der Waals surface area (Å²) in [5, 5.41) is 7.68. The highest BCUT2D eigenvalue weighted by Crippen LogP contribution is 2.28. The molecule has 0 saturated carbocycles.